The molecule has 8 heteroatoms. The van der Waals surface area contributed by atoms with Crippen LogP contribution in [0.5, 0.6) is 5.75 Å². The fourth-order valence-electron chi connectivity index (χ4n) is 3.09. The molecule has 0 saturated carbocycles. The molecule has 1 aromatic heterocycles. The molecule has 142 valence electrons. The average molecular weight is 385 g/mol. The minimum Gasteiger partial charge on any atom is -0.507 e. The molecule has 1 heterocycles. The molecule has 0 unspecified atom stereocenters. The number of nitrogens with zero attached hydrogens (tertiary/aromatic N) is 5. The van der Waals surface area contributed by atoms with Gasteiger partial charge in [0.15, 0.2) is 17.5 Å². The van der Waals surface area contributed by atoms with Crippen LogP contribution in [0.2, 0.25) is 0 Å². The maximum atomic E-state index is 11.3. The van der Waals surface area contributed by atoms with E-state index >= 15 is 0 Å². The van der Waals surface area contributed by atoms with Gasteiger partial charge in [-0.2, -0.15) is 0 Å². The lowest BCUT2D eigenvalue weighted by Crippen LogP contribution is -2.04. The third-order valence-corrected chi connectivity index (χ3v) is 4.52. The maximum absolute atomic E-state index is 11.3. The van der Waals surface area contributed by atoms with Gasteiger partial charge in [0, 0.05) is 11.1 Å². The van der Waals surface area contributed by atoms with E-state index in [-0.39, 0.29) is 28.9 Å². The molecule has 8 nitrogen and oxygen atoms in total. The topological polar surface area (TPSA) is 118 Å². The first kappa shape index (κ1) is 18.3. The SMILES string of the molecule is O=NC1=C(c2nc(-c3ccccc3O)nc(-c3ccccc3N=O)n2)C=CCC1. The Balaban J connectivity index is 2.00. The molecule has 0 atom stereocenters. The lowest BCUT2D eigenvalue weighted by Gasteiger charge is -2.13. The van der Waals surface area contributed by atoms with Crippen molar-refractivity contribution in [2.24, 2.45) is 10.4 Å². The van der Waals surface area contributed by atoms with Crippen LogP contribution in [0.4, 0.5) is 5.69 Å². The minimum absolute atomic E-state index is 0.000649. The van der Waals surface area contributed by atoms with E-state index < -0.39 is 0 Å². The molecule has 1 aliphatic rings. The van der Waals surface area contributed by atoms with E-state index in [1.165, 1.54) is 6.07 Å². The zero-order chi connectivity index (χ0) is 20.2. The lowest BCUT2D eigenvalue weighted by atomic mass is 10.0. The van der Waals surface area contributed by atoms with Gasteiger partial charge in [-0.25, -0.2) is 15.0 Å². The molecular weight excluding hydrogens is 370 g/mol. The molecule has 0 aliphatic heterocycles. The molecule has 0 bridgehead atoms. The maximum Gasteiger partial charge on any atom is 0.167 e. The van der Waals surface area contributed by atoms with E-state index in [2.05, 4.69) is 25.3 Å². The second-order valence-corrected chi connectivity index (χ2v) is 6.32. The molecule has 2 aromatic carbocycles. The van der Waals surface area contributed by atoms with Crippen LogP contribution in [0.1, 0.15) is 18.7 Å². The first-order valence-electron chi connectivity index (χ1n) is 8.92. The first-order valence-corrected chi connectivity index (χ1v) is 8.92. The zero-order valence-electron chi connectivity index (χ0n) is 15.2. The molecule has 0 fully saturated rings. The van der Waals surface area contributed by atoms with Crippen molar-refractivity contribution in [1.82, 2.24) is 15.0 Å². The smallest absolute Gasteiger partial charge is 0.167 e. The fourth-order valence-corrected chi connectivity index (χ4v) is 3.09. The molecule has 1 N–H and O–H groups in total. The number of hydrogen-bond acceptors (Lipinski definition) is 8. The summed E-state index contributed by atoms with van der Waals surface area (Å²) in [7, 11) is 0. The van der Waals surface area contributed by atoms with E-state index in [4.69, 9.17) is 0 Å². The van der Waals surface area contributed by atoms with Crippen molar-refractivity contribution in [2.75, 3.05) is 0 Å². The number of phenolic OH excluding ortho intramolecular Hbond substituents is 1. The number of phenols is 1. The molecule has 3 aromatic rings. The summed E-state index contributed by atoms with van der Waals surface area (Å²) in [4.78, 5) is 36.0. The van der Waals surface area contributed by atoms with Gasteiger partial charge in [0.1, 0.15) is 11.4 Å². The molecule has 0 spiro atoms. The minimum atomic E-state index is -0.000649. The Morgan fingerprint density at radius 1 is 0.793 bits per heavy atom. The van der Waals surface area contributed by atoms with Gasteiger partial charge in [-0.05, 0) is 47.5 Å². The first-order chi connectivity index (χ1) is 14.2. The normalized spacial score (nSPS) is 13.4. The van der Waals surface area contributed by atoms with Gasteiger partial charge in [0.2, 0.25) is 0 Å². The third-order valence-electron chi connectivity index (χ3n) is 4.52. The van der Waals surface area contributed by atoms with Crippen LogP contribution in [0.25, 0.3) is 28.3 Å². The van der Waals surface area contributed by atoms with Gasteiger partial charge >= 0.3 is 0 Å². The van der Waals surface area contributed by atoms with Gasteiger partial charge < -0.3 is 5.11 Å². The van der Waals surface area contributed by atoms with E-state index in [1.54, 1.807) is 48.5 Å². The molecular formula is C21H15N5O3. The Hall–Kier alpha value is -4.07. The number of allylic oxidation sites excluding steroid dienone is 4. The van der Waals surface area contributed by atoms with E-state index in [0.717, 1.165) is 0 Å². The highest BCUT2D eigenvalue weighted by Gasteiger charge is 2.20. The summed E-state index contributed by atoms with van der Waals surface area (Å²) < 4.78 is 0. The molecule has 0 saturated heterocycles. The van der Waals surface area contributed by atoms with Crippen molar-refractivity contribution < 1.29 is 5.11 Å². The summed E-state index contributed by atoms with van der Waals surface area (Å²) in [6.07, 6.45) is 4.84. The Labute approximate surface area is 165 Å². The predicted octanol–water partition coefficient (Wildman–Crippen LogP) is 5.14. The fraction of sp³-hybridized carbons (Fsp3) is 0.0952. The van der Waals surface area contributed by atoms with Crippen molar-refractivity contribution in [3.63, 3.8) is 0 Å². The van der Waals surface area contributed by atoms with Crippen LogP contribution in [0, 0.1) is 9.81 Å². The number of hydrogen-bond donors (Lipinski definition) is 1. The largest absolute Gasteiger partial charge is 0.507 e. The summed E-state index contributed by atoms with van der Waals surface area (Å²) in [5.41, 5.74) is 1.83. The second kappa shape index (κ2) is 7.89. The van der Waals surface area contributed by atoms with Crippen molar-refractivity contribution in [1.29, 1.82) is 0 Å². The van der Waals surface area contributed by atoms with Crippen LogP contribution in [0.3, 0.4) is 0 Å². The van der Waals surface area contributed by atoms with Crippen LogP contribution in [0.15, 0.2) is 76.7 Å². The summed E-state index contributed by atoms with van der Waals surface area (Å²) in [5.74, 6) is 0.652. The number of aromatic nitrogens is 3. The summed E-state index contributed by atoms with van der Waals surface area (Å²) >= 11 is 0. The van der Waals surface area contributed by atoms with Gasteiger partial charge in [-0.15, -0.1) is 9.81 Å². The van der Waals surface area contributed by atoms with Crippen molar-refractivity contribution >= 4 is 11.3 Å². The highest BCUT2D eigenvalue weighted by molar-refractivity contribution is 5.78. The van der Waals surface area contributed by atoms with Crippen molar-refractivity contribution in [2.45, 2.75) is 12.8 Å². The molecule has 0 radical (unpaired) electrons. The Morgan fingerprint density at radius 2 is 1.45 bits per heavy atom. The van der Waals surface area contributed by atoms with Crippen LogP contribution in [-0.4, -0.2) is 20.1 Å². The molecule has 29 heavy (non-hydrogen) atoms. The number of para-hydroxylation sites is 1. The van der Waals surface area contributed by atoms with Crippen LogP contribution in [-0.2, 0) is 0 Å². The van der Waals surface area contributed by atoms with Crippen molar-refractivity contribution in [3.05, 3.63) is 82.0 Å². The summed E-state index contributed by atoms with van der Waals surface area (Å²) in [6, 6.07) is 13.3. The standard InChI is InChI=1S/C21H15N5O3/c27-18-12-6-3-9-15(18)21-23-19(13-7-1-4-10-16(13)25-28)22-20(24-21)14-8-2-5-11-17(14)26-29/h1-4,6-10,12,27H,5,11H2. The Kier molecular flexibility index (Phi) is 4.98. The van der Waals surface area contributed by atoms with Crippen LogP contribution >= 0.6 is 0 Å². The van der Waals surface area contributed by atoms with Gasteiger partial charge in [-0.3, -0.25) is 0 Å². The third kappa shape index (κ3) is 3.55. The van der Waals surface area contributed by atoms with Gasteiger partial charge in [0.25, 0.3) is 0 Å². The van der Waals surface area contributed by atoms with Crippen molar-refractivity contribution in [3.8, 4) is 28.5 Å². The Morgan fingerprint density at radius 3 is 2.17 bits per heavy atom. The van der Waals surface area contributed by atoms with E-state index in [1.807, 2.05) is 6.08 Å². The number of nitroso groups, excluding NO2 is 2. The summed E-state index contributed by atoms with van der Waals surface area (Å²) in [5, 5.41) is 16.4. The van der Waals surface area contributed by atoms with E-state index in [0.29, 0.717) is 35.2 Å². The molecule has 0 amide bonds. The molecule has 4 rings (SSSR count). The lowest BCUT2D eigenvalue weighted by molar-refractivity contribution is 0.477. The van der Waals surface area contributed by atoms with E-state index in [9.17, 15) is 14.9 Å². The number of aromatic hydroxyl groups is 1. The zero-order valence-corrected chi connectivity index (χ0v) is 15.2. The monoisotopic (exact) mass is 385 g/mol. The highest BCUT2D eigenvalue weighted by atomic mass is 16.3. The van der Waals surface area contributed by atoms with Crippen LogP contribution < -0.4 is 0 Å². The highest BCUT2D eigenvalue weighted by Crippen LogP contribution is 2.33. The predicted molar refractivity (Wildman–Crippen MR) is 109 cm³/mol. The van der Waals surface area contributed by atoms with Gasteiger partial charge in [-0.1, -0.05) is 36.4 Å². The Bertz CT molecular complexity index is 1170. The second-order valence-electron chi connectivity index (χ2n) is 6.32. The molecule has 1 aliphatic carbocycles. The van der Waals surface area contributed by atoms with Gasteiger partial charge in [0.05, 0.1) is 11.3 Å². The number of rotatable bonds is 5. The summed E-state index contributed by atoms with van der Waals surface area (Å²) in [6.45, 7) is 0. The quantitative estimate of drug-likeness (QED) is 0.608. The average Bonchev–Trinajstić information content (AvgIpc) is 2.79. The number of benzene rings is 2.